The Kier molecular flexibility index (Phi) is 4.71. The lowest BCUT2D eigenvalue weighted by molar-refractivity contribution is 0.270. The molecule has 0 aliphatic carbocycles. The van der Waals surface area contributed by atoms with Crippen molar-refractivity contribution in [2.24, 2.45) is 0 Å². The molecule has 0 spiro atoms. The number of hydrogen-bond donors (Lipinski definition) is 0. The van der Waals surface area contributed by atoms with E-state index in [9.17, 15) is 8.78 Å². The van der Waals surface area contributed by atoms with Gasteiger partial charge in [0.05, 0.1) is 5.69 Å². The van der Waals surface area contributed by atoms with Gasteiger partial charge in [0.1, 0.15) is 6.61 Å². The molecule has 1 aromatic heterocycles. The van der Waals surface area contributed by atoms with E-state index in [4.69, 9.17) is 16.3 Å². The Morgan fingerprint density at radius 1 is 1.21 bits per heavy atom. The zero-order valence-electron chi connectivity index (χ0n) is 9.67. The minimum absolute atomic E-state index is 0.0126. The van der Waals surface area contributed by atoms with Gasteiger partial charge in [0.15, 0.2) is 17.4 Å². The second-order valence-electron chi connectivity index (χ2n) is 3.78. The third kappa shape index (κ3) is 3.64. The van der Waals surface area contributed by atoms with E-state index in [1.54, 1.807) is 18.3 Å². The molecule has 0 aliphatic rings. The largest absolute Gasteiger partial charge is 0.481 e. The Bertz CT molecular complexity index is 554. The van der Waals surface area contributed by atoms with Crippen LogP contribution >= 0.6 is 27.5 Å². The van der Waals surface area contributed by atoms with Gasteiger partial charge in [-0.15, -0.1) is 11.6 Å². The first kappa shape index (κ1) is 14.2. The Labute approximate surface area is 122 Å². The van der Waals surface area contributed by atoms with Crippen LogP contribution in [0, 0.1) is 11.6 Å². The van der Waals surface area contributed by atoms with Crippen LogP contribution in [0.3, 0.4) is 0 Å². The highest BCUT2D eigenvalue weighted by Gasteiger charge is 2.12. The summed E-state index contributed by atoms with van der Waals surface area (Å²) in [5, 5.41) is 0. The molecule has 0 fully saturated rings. The summed E-state index contributed by atoms with van der Waals surface area (Å²) in [6, 6.07) is 5.78. The van der Waals surface area contributed by atoms with Crippen molar-refractivity contribution >= 4 is 27.5 Å². The molecule has 19 heavy (non-hydrogen) atoms. The molecule has 0 aliphatic heterocycles. The van der Waals surface area contributed by atoms with Gasteiger partial charge in [-0.1, -0.05) is 0 Å². The molecule has 2 rings (SSSR count). The minimum Gasteiger partial charge on any atom is -0.481 e. The van der Waals surface area contributed by atoms with Gasteiger partial charge < -0.3 is 4.74 Å². The van der Waals surface area contributed by atoms with Crippen LogP contribution in [0.5, 0.6) is 5.75 Å². The highest BCUT2D eigenvalue weighted by molar-refractivity contribution is 9.10. The zero-order chi connectivity index (χ0) is 13.8. The molecular formula is C13H9BrClF2NO. The molecule has 100 valence electrons. The molecule has 2 nitrogen and oxygen atoms in total. The molecule has 0 N–H and O–H groups in total. The summed E-state index contributed by atoms with van der Waals surface area (Å²) in [5.41, 5.74) is 0.939. The number of alkyl halides is 1. The monoisotopic (exact) mass is 347 g/mol. The summed E-state index contributed by atoms with van der Waals surface area (Å²) < 4.78 is 33.2. The van der Waals surface area contributed by atoms with Gasteiger partial charge in [-0.2, -0.15) is 0 Å². The lowest BCUT2D eigenvalue weighted by Crippen LogP contribution is -2.02. The lowest BCUT2D eigenvalue weighted by Gasteiger charge is -2.09. The Morgan fingerprint density at radius 2 is 1.89 bits per heavy atom. The Hall–Kier alpha value is -1.20. The Balaban J connectivity index is 2.13. The molecule has 0 amide bonds. The number of nitrogens with zero attached hydrogens (tertiary/aromatic N) is 1. The number of benzene rings is 1. The highest BCUT2D eigenvalue weighted by atomic mass is 79.9. The molecule has 0 unspecified atom stereocenters. The topological polar surface area (TPSA) is 22.1 Å². The number of aromatic nitrogens is 1. The van der Waals surface area contributed by atoms with Crippen molar-refractivity contribution in [3.8, 4) is 5.75 Å². The summed E-state index contributed by atoms with van der Waals surface area (Å²) in [6.45, 7) is -0.0126. The second-order valence-corrected chi connectivity index (χ2v) is 4.96. The summed E-state index contributed by atoms with van der Waals surface area (Å²) in [4.78, 5) is 4.05. The van der Waals surface area contributed by atoms with Gasteiger partial charge in [-0.3, -0.25) is 4.98 Å². The van der Waals surface area contributed by atoms with E-state index in [-0.39, 0.29) is 12.5 Å². The highest BCUT2D eigenvalue weighted by Crippen LogP contribution is 2.25. The van der Waals surface area contributed by atoms with Crippen LogP contribution in [0.1, 0.15) is 11.3 Å². The van der Waals surface area contributed by atoms with Gasteiger partial charge in [0.25, 0.3) is 0 Å². The first-order valence-electron chi connectivity index (χ1n) is 5.37. The number of hydrogen-bond acceptors (Lipinski definition) is 2. The van der Waals surface area contributed by atoms with E-state index < -0.39 is 17.4 Å². The van der Waals surface area contributed by atoms with E-state index in [0.29, 0.717) is 11.3 Å². The Morgan fingerprint density at radius 3 is 2.42 bits per heavy atom. The van der Waals surface area contributed by atoms with Crippen molar-refractivity contribution in [1.29, 1.82) is 0 Å². The number of halogens is 4. The van der Waals surface area contributed by atoms with Crippen molar-refractivity contribution in [3.63, 3.8) is 0 Å². The summed E-state index contributed by atoms with van der Waals surface area (Å²) >= 11 is 8.77. The fourth-order valence-electron chi connectivity index (χ4n) is 1.47. The fraction of sp³-hybridized carbons (Fsp3) is 0.154. The quantitative estimate of drug-likeness (QED) is 0.762. The van der Waals surface area contributed by atoms with E-state index in [1.165, 1.54) is 0 Å². The van der Waals surface area contributed by atoms with Crippen molar-refractivity contribution in [1.82, 2.24) is 4.98 Å². The van der Waals surface area contributed by atoms with E-state index in [1.807, 2.05) is 0 Å². The van der Waals surface area contributed by atoms with Crippen molar-refractivity contribution in [2.75, 3.05) is 0 Å². The molecular weight excluding hydrogens is 340 g/mol. The van der Waals surface area contributed by atoms with E-state index in [0.717, 1.165) is 16.6 Å². The predicted octanol–water partition coefficient (Wildman–Crippen LogP) is 4.44. The number of ether oxygens (including phenoxy) is 1. The van der Waals surface area contributed by atoms with Crippen LogP contribution in [0.2, 0.25) is 0 Å². The van der Waals surface area contributed by atoms with Crippen LogP contribution in [-0.2, 0) is 12.5 Å². The predicted molar refractivity (Wildman–Crippen MR) is 72.2 cm³/mol. The molecule has 0 atom stereocenters. The van der Waals surface area contributed by atoms with Crippen molar-refractivity contribution in [2.45, 2.75) is 12.5 Å². The molecule has 0 radical (unpaired) electrons. The number of pyridine rings is 1. The maximum absolute atomic E-state index is 13.6. The zero-order valence-corrected chi connectivity index (χ0v) is 12.0. The average molecular weight is 349 g/mol. The van der Waals surface area contributed by atoms with Gasteiger partial charge in [-0.05, 0) is 45.8 Å². The minimum atomic E-state index is -0.771. The first-order chi connectivity index (χ1) is 9.10. The smallest absolute Gasteiger partial charge is 0.191 e. The average Bonchev–Trinajstić information content (AvgIpc) is 2.39. The summed E-state index contributed by atoms with van der Waals surface area (Å²) in [6.07, 6.45) is 1.59. The third-order valence-corrected chi connectivity index (χ3v) is 3.14. The van der Waals surface area contributed by atoms with E-state index >= 15 is 0 Å². The summed E-state index contributed by atoms with van der Waals surface area (Å²) in [5.74, 6) is -1.92. The van der Waals surface area contributed by atoms with Crippen LogP contribution < -0.4 is 4.74 Å². The van der Waals surface area contributed by atoms with Crippen LogP contribution in [0.4, 0.5) is 8.78 Å². The van der Waals surface area contributed by atoms with Gasteiger partial charge in [-0.25, -0.2) is 8.78 Å². The van der Waals surface area contributed by atoms with Gasteiger partial charge in [0.2, 0.25) is 0 Å². The first-order valence-corrected chi connectivity index (χ1v) is 6.70. The molecule has 1 heterocycles. The fourth-order valence-corrected chi connectivity index (χ4v) is 1.85. The van der Waals surface area contributed by atoms with E-state index in [2.05, 4.69) is 20.9 Å². The second kappa shape index (κ2) is 6.30. The molecule has 1 aromatic carbocycles. The third-order valence-electron chi connectivity index (χ3n) is 2.37. The standard InChI is InChI=1S/C13H9BrClF2NO/c14-9-1-2-10(18-6-9)7-19-13-11(16)3-8(5-15)4-12(13)17/h1-4,6H,5,7H2. The molecule has 2 aromatic rings. The molecule has 0 saturated carbocycles. The van der Waals surface area contributed by atoms with Crippen molar-refractivity contribution < 1.29 is 13.5 Å². The normalized spacial score (nSPS) is 10.5. The lowest BCUT2D eigenvalue weighted by atomic mass is 10.2. The molecule has 0 saturated heterocycles. The van der Waals surface area contributed by atoms with Crippen LogP contribution in [0.25, 0.3) is 0 Å². The van der Waals surface area contributed by atoms with Gasteiger partial charge in [0, 0.05) is 16.5 Å². The summed E-state index contributed by atoms with van der Waals surface area (Å²) in [7, 11) is 0. The van der Waals surface area contributed by atoms with Crippen LogP contribution in [-0.4, -0.2) is 4.98 Å². The maximum atomic E-state index is 13.6. The van der Waals surface area contributed by atoms with Crippen molar-refractivity contribution in [3.05, 3.63) is 57.8 Å². The van der Waals surface area contributed by atoms with Gasteiger partial charge >= 0.3 is 0 Å². The van der Waals surface area contributed by atoms with Crippen LogP contribution in [0.15, 0.2) is 34.9 Å². The molecule has 0 bridgehead atoms. The SMILES string of the molecule is Fc1cc(CCl)cc(F)c1OCc1ccc(Br)cn1. The number of rotatable bonds is 4. The molecule has 6 heteroatoms. The maximum Gasteiger partial charge on any atom is 0.191 e.